The molecule has 6 nitrogen and oxygen atoms in total. The average Bonchev–Trinajstić information content (AvgIpc) is 2.93. The lowest BCUT2D eigenvalue weighted by molar-refractivity contribution is -0.122. The predicted molar refractivity (Wildman–Crippen MR) is 117 cm³/mol. The Kier molecular flexibility index (Phi) is 8.11. The lowest BCUT2D eigenvalue weighted by Gasteiger charge is -2.27. The molecule has 1 heterocycles. The monoisotopic (exact) mass is 412 g/mol. The van der Waals surface area contributed by atoms with Crippen molar-refractivity contribution in [2.75, 3.05) is 39.4 Å². The molecule has 1 fully saturated rings. The van der Waals surface area contributed by atoms with Gasteiger partial charge in [-0.3, -0.25) is 9.69 Å². The van der Waals surface area contributed by atoms with Crippen molar-refractivity contribution in [1.29, 1.82) is 0 Å². The summed E-state index contributed by atoms with van der Waals surface area (Å²) in [5, 5.41) is 13.8. The van der Waals surface area contributed by atoms with Crippen molar-refractivity contribution in [1.82, 2.24) is 10.2 Å². The van der Waals surface area contributed by atoms with Gasteiger partial charge in [-0.25, -0.2) is 0 Å². The summed E-state index contributed by atoms with van der Waals surface area (Å²) in [6, 6.07) is 17.4. The van der Waals surface area contributed by atoms with Gasteiger partial charge in [0.15, 0.2) is 0 Å². The van der Waals surface area contributed by atoms with E-state index in [1.165, 1.54) is 5.56 Å². The van der Waals surface area contributed by atoms with Gasteiger partial charge in [0.2, 0.25) is 5.91 Å². The largest absolute Gasteiger partial charge is 0.492 e. The van der Waals surface area contributed by atoms with Gasteiger partial charge in [0.05, 0.1) is 18.7 Å². The van der Waals surface area contributed by atoms with Gasteiger partial charge in [0, 0.05) is 6.54 Å². The smallest absolute Gasteiger partial charge is 0.234 e. The number of ether oxygens (including phenoxy) is 2. The molecule has 6 heteroatoms. The van der Waals surface area contributed by atoms with Gasteiger partial charge in [0.25, 0.3) is 0 Å². The number of benzene rings is 2. The first kappa shape index (κ1) is 22.1. The molecule has 162 valence electrons. The van der Waals surface area contributed by atoms with Crippen molar-refractivity contribution in [2.24, 2.45) is 0 Å². The van der Waals surface area contributed by atoms with Crippen molar-refractivity contribution in [3.63, 3.8) is 0 Å². The zero-order valence-electron chi connectivity index (χ0n) is 17.7. The van der Waals surface area contributed by atoms with Crippen LogP contribution in [-0.4, -0.2) is 60.9 Å². The van der Waals surface area contributed by atoms with Crippen molar-refractivity contribution < 1.29 is 19.4 Å². The van der Waals surface area contributed by atoms with Gasteiger partial charge in [0.1, 0.15) is 24.7 Å². The van der Waals surface area contributed by atoms with Crippen LogP contribution in [0.5, 0.6) is 11.5 Å². The molecule has 0 aliphatic carbocycles. The highest BCUT2D eigenvalue weighted by Crippen LogP contribution is 2.24. The van der Waals surface area contributed by atoms with E-state index in [0.717, 1.165) is 24.5 Å². The zero-order valence-corrected chi connectivity index (χ0v) is 17.7. The van der Waals surface area contributed by atoms with Crippen LogP contribution in [0.25, 0.3) is 0 Å². The van der Waals surface area contributed by atoms with Gasteiger partial charge in [-0.1, -0.05) is 35.9 Å². The molecule has 1 saturated heterocycles. The quantitative estimate of drug-likeness (QED) is 0.620. The number of rotatable bonds is 9. The standard InChI is InChI=1S/C24H32N2O4/c1-20-8-10-22(11-9-20)30-19-24(28)12-5-15-26(16-13-24)18-23(27)25-14-17-29-21-6-3-2-4-7-21/h2-4,6-11,28H,5,12-19H2,1H3,(H,25,27)/t24-/m1/s1. The normalized spacial score (nSPS) is 19.7. The SMILES string of the molecule is Cc1ccc(OC[C@@]2(O)CCCN(CC(=O)NCCOc3ccccc3)CC2)cc1. The zero-order chi connectivity index (χ0) is 21.2. The number of carbonyl (C=O) groups excluding carboxylic acids is 1. The third kappa shape index (κ3) is 7.35. The molecular formula is C24H32N2O4. The van der Waals surface area contributed by atoms with E-state index < -0.39 is 5.60 Å². The fourth-order valence-corrected chi connectivity index (χ4v) is 3.52. The van der Waals surface area contributed by atoms with E-state index >= 15 is 0 Å². The number of para-hydroxylation sites is 1. The first-order valence-electron chi connectivity index (χ1n) is 10.6. The molecule has 3 rings (SSSR count). The third-order valence-corrected chi connectivity index (χ3v) is 5.34. The summed E-state index contributed by atoms with van der Waals surface area (Å²) in [4.78, 5) is 14.3. The Morgan fingerprint density at radius 1 is 1.03 bits per heavy atom. The van der Waals surface area contributed by atoms with Gasteiger partial charge in [-0.2, -0.15) is 0 Å². The Bertz CT molecular complexity index is 782. The number of hydrogen-bond acceptors (Lipinski definition) is 5. The molecule has 30 heavy (non-hydrogen) atoms. The summed E-state index contributed by atoms with van der Waals surface area (Å²) >= 11 is 0. The summed E-state index contributed by atoms with van der Waals surface area (Å²) in [6.07, 6.45) is 2.09. The Hall–Kier alpha value is -2.57. The lowest BCUT2D eigenvalue weighted by Crippen LogP contribution is -2.40. The van der Waals surface area contributed by atoms with Crippen LogP contribution < -0.4 is 14.8 Å². The molecule has 1 amide bonds. The first-order chi connectivity index (χ1) is 14.5. The van der Waals surface area contributed by atoms with Crippen LogP contribution in [0, 0.1) is 6.92 Å². The highest BCUT2D eigenvalue weighted by Gasteiger charge is 2.31. The van der Waals surface area contributed by atoms with Crippen molar-refractivity contribution in [3.8, 4) is 11.5 Å². The summed E-state index contributed by atoms with van der Waals surface area (Å²) < 4.78 is 11.4. The number of aryl methyl sites for hydroxylation is 1. The molecule has 0 saturated carbocycles. The van der Waals surface area contributed by atoms with E-state index in [1.54, 1.807) is 0 Å². The van der Waals surface area contributed by atoms with Crippen molar-refractivity contribution in [2.45, 2.75) is 31.8 Å². The number of amides is 1. The molecule has 0 spiro atoms. The van der Waals surface area contributed by atoms with Crippen LogP contribution in [-0.2, 0) is 4.79 Å². The molecule has 2 N–H and O–H groups in total. The van der Waals surface area contributed by atoms with Crippen LogP contribution in [0.4, 0.5) is 0 Å². The Labute approximate surface area is 178 Å². The maximum atomic E-state index is 12.2. The average molecular weight is 413 g/mol. The summed E-state index contributed by atoms with van der Waals surface area (Å²) in [6.45, 7) is 5.00. The number of carbonyl (C=O) groups is 1. The second kappa shape index (κ2) is 11.0. The van der Waals surface area contributed by atoms with Crippen LogP contribution in [0.1, 0.15) is 24.8 Å². The van der Waals surface area contributed by atoms with Crippen LogP contribution in [0.2, 0.25) is 0 Å². The van der Waals surface area contributed by atoms with Gasteiger partial charge in [-0.15, -0.1) is 0 Å². The lowest BCUT2D eigenvalue weighted by atomic mass is 9.96. The Morgan fingerprint density at radius 3 is 2.53 bits per heavy atom. The summed E-state index contributed by atoms with van der Waals surface area (Å²) in [5.41, 5.74) is 0.315. The minimum atomic E-state index is -0.861. The third-order valence-electron chi connectivity index (χ3n) is 5.34. The number of hydrogen-bond donors (Lipinski definition) is 2. The minimum Gasteiger partial charge on any atom is -0.492 e. The molecule has 2 aromatic rings. The molecule has 0 aromatic heterocycles. The predicted octanol–water partition coefficient (Wildman–Crippen LogP) is 2.79. The van der Waals surface area contributed by atoms with E-state index in [0.29, 0.717) is 39.1 Å². The van der Waals surface area contributed by atoms with Gasteiger partial charge in [-0.05, 0) is 57.0 Å². The summed E-state index contributed by atoms with van der Waals surface area (Å²) in [5.74, 6) is 1.55. The molecule has 1 atom stereocenters. The van der Waals surface area contributed by atoms with E-state index in [-0.39, 0.29) is 12.5 Å². The molecular weight excluding hydrogens is 380 g/mol. The molecule has 1 aliphatic rings. The Morgan fingerprint density at radius 2 is 1.77 bits per heavy atom. The van der Waals surface area contributed by atoms with Crippen molar-refractivity contribution in [3.05, 3.63) is 60.2 Å². The maximum absolute atomic E-state index is 12.2. The van der Waals surface area contributed by atoms with Gasteiger partial charge >= 0.3 is 0 Å². The van der Waals surface area contributed by atoms with E-state index in [2.05, 4.69) is 10.2 Å². The van der Waals surface area contributed by atoms with E-state index in [9.17, 15) is 9.90 Å². The molecule has 0 unspecified atom stereocenters. The minimum absolute atomic E-state index is 0.0204. The van der Waals surface area contributed by atoms with E-state index in [1.807, 2.05) is 61.5 Å². The number of nitrogens with one attached hydrogen (secondary N) is 1. The fraction of sp³-hybridized carbons (Fsp3) is 0.458. The van der Waals surface area contributed by atoms with Crippen LogP contribution >= 0.6 is 0 Å². The maximum Gasteiger partial charge on any atom is 0.234 e. The van der Waals surface area contributed by atoms with E-state index in [4.69, 9.17) is 9.47 Å². The second-order valence-electron chi connectivity index (χ2n) is 7.97. The second-order valence-corrected chi connectivity index (χ2v) is 7.97. The van der Waals surface area contributed by atoms with Crippen LogP contribution in [0.3, 0.4) is 0 Å². The highest BCUT2D eigenvalue weighted by molar-refractivity contribution is 5.78. The highest BCUT2D eigenvalue weighted by atomic mass is 16.5. The Balaban J connectivity index is 1.35. The van der Waals surface area contributed by atoms with Crippen molar-refractivity contribution >= 4 is 5.91 Å². The van der Waals surface area contributed by atoms with Crippen LogP contribution in [0.15, 0.2) is 54.6 Å². The number of nitrogens with zero attached hydrogens (tertiary/aromatic N) is 1. The topological polar surface area (TPSA) is 71.0 Å². The molecule has 2 aromatic carbocycles. The molecule has 0 bridgehead atoms. The number of likely N-dealkylation sites (tertiary alicyclic amines) is 1. The molecule has 1 aliphatic heterocycles. The fourth-order valence-electron chi connectivity index (χ4n) is 3.52. The summed E-state index contributed by atoms with van der Waals surface area (Å²) in [7, 11) is 0. The number of aliphatic hydroxyl groups is 1. The first-order valence-corrected chi connectivity index (χ1v) is 10.6. The molecule has 0 radical (unpaired) electrons. The van der Waals surface area contributed by atoms with Gasteiger partial charge < -0.3 is 19.9 Å².